The lowest BCUT2D eigenvalue weighted by molar-refractivity contribution is -0.137. The van der Waals surface area contributed by atoms with E-state index >= 15 is 0 Å². The van der Waals surface area contributed by atoms with Gasteiger partial charge in [0.05, 0.1) is 6.54 Å². The van der Waals surface area contributed by atoms with Gasteiger partial charge in [0.15, 0.2) is 11.6 Å². The maximum Gasteiger partial charge on any atom is 0.250 e. The summed E-state index contributed by atoms with van der Waals surface area (Å²) in [6, 6.07) is 0.976. The van der Waals surface area contributed by atoms with E-state index in [4.69, 9.17) is 4.52 Å². The van der Waals surface area contributed by atoms with Gasteiger partial charge in [0, 0.05) is 6.07 Å². The molecule has 0 aliphatic carbocycles. The first-order valence-corrected chi connectivity index (χ1v) is 9.68. The number of amides is 2. The minimum Gasteiger partial charge on any atom is -0.383 e. The highest BCUT2D eigenvalue weighted by molar-refractivity contribution is 5.97. The molecule has 1 aliphatic rings. The monoisotopic (exact) mass is 380 g/mol. The van der Waals surface area contributed by atoms with Crippen molar-refractivity contribution in [3.63, 3.8) is 0 Å². The lowest BCUT2D eigenvalue weighted by Crippen LogP contribution is -2.50. The number of hydrogen-bond donors (Lipinski definition) is 3. The summed E-state index contributed by atoms with van der Waals surface area (Å²) in [4.78, 5) is 27.1. The van der Waals surface area contributed by atoms with Crippen LogP contribution in [0.2, 0.25) is 0 Å². The molecule has 1 aliphatic heterocycles. The average Bonchev–Trinajstić information content (AvgIpc) is 3.25. The topological polar surface area (TPSA) is 108 Å². The van der Waals surface area contributed by atoms with E-state index in [1.54, 1.807) is 26.8 Å². The molecule has 3 N–H and O–H groups in total. The first kappa shape index (κ1) is 21.4. The summed E-state index contributed by atoms with van der Waals surface area (Å²) >= 11 is 0. The quantitative estimate of drug-likeness (QED) is 0.636. The van der Waals surface area contributed by atoms with Crippen molar-refractivity contribution in [1.82, 2.24) is 15.4 Å². The molecule has 1 aromatic rings. The summed E-state index contributed by atoms with van der Waals surface area (Å²) in [6.45, 7) is 10.00. The van der Waals surface area contributed by atoms with Crippen molar-refractivity contribution in [3.8, 4) is 0 Å². The molecule has 1 aromatic heterocycles. The summed E-state index contributed by atoms with van der Waals surface area (Å²) in [5, 5.41) is 19.3. The molecule has 2 unspecified atom stereocenters. The summed E-state index contributed by atoms with van der Waals surface area (Å²) in [7, 11) is 0. The lowest BCUT2D eigenvalue weighted by Gasteiger charge is -2.26. The Morgan fingerprint density at radius 1 is 1.30 bits per heavy atom. The number of hydrogen-bond acceptors (Lipinski definition) is 6. The zero-order valence-corrected chi connectivity index (χ0v) is 16.7. The van der Waals surface area contributed by atoms with Crippen LogP contribution in [0.5, 0.6) is 0 Å². The molecule has 0 radical (unpaired) electrons. The molecule has 0 aromatic carbocycles. The number of carbonyl (C=O) groups is 2. The van der Waals surface area contributed by atoms with E-state index in [1.807, 2.05) is 6.92 Å². The Morgan fingerprint density at radius 3 is 2.56 bits per heavy atom. The second-order valence-corrected chi connectivity index (χ2v) is 8.27. The maximum atomic E-state index is 12.6. The Labute approximate surface area is 160 Å². The Kier molecular flexibility index (Phi) is 7.38. The number of nitrogens with zero attached hydrogens (tertiary/aromatic N) is 2. The molecule has 2 amide bonds. The fraction of sp³-hybridized carbons (Fsp3) is 0.737. The van der Waals surface area contributed by atoms with Gasteiger partial charge in [-0.05, 0) is 37.8 Å². The molecule has 0 bridgehead atoms. The van der Waals surface area contributed by atoms with E-state index < -0.39 is 23.5 Å². The van der Waals surface area contributed by atoms with Gasteiger partial charge in [0.25, 0.3) is 0 Å². The van der Waals surface area contributed by atoms with Crippen LogP contribution >= 0.6 is 0 Å². The van der Waals surface area contributed by atoms with Gasteiger partial charge >= 0.3 is 0 Å². The fourth-order valence-electron chi connectivity index (χ4n) is 3.02. The molecule has 1 fully saturated rings. The van der Waals surface area contributed by atoms with Crippen LogP contribution in [0, 0.1) is 5.41 Å². The summed E-state index contributed by atoms with van der Waals surface area (Å²) in [6.07, 6.45) is 2.37. The van der Waals surface area contributed by atoms with Crippen molar-refractivity contribution in [2.75, 3.05) is 18.4 Å². The molecule has 2 atom stereocenters. The molecule has 0 saturated carbocycles. The predicted molar refractivity (Wildman–Crippen MR) is 102 cm³/mol. The second kappa shape index (κ2) is 9.32. The van der Waals surface area contributed by atoms with Crippen molar-refractivity contribution in [2.45, 2.75) is 72.1 Å². The highest BCUT2D eigenvalue weighted by atomic mass is 16.5. The second-order valence-electron chi connectivity index (χ2n) is 8.27. The Bertz CT molecular complexity index is 632. The largest absolute Gasteiger partial charge is 0.383 e. The first-order chi connectivity index (χ1) is 12.7. The van der Waals surface area contributed by atoms with E-state index in [2.05, 4.69) is 20.7 Å². The highest BCUT2D eigenvalue weighted by Gasteiger charge is 2.32. The van der Waals surface area contributed by atoms with Crippen molar-refractivity contribution in [1.29, 1.82) is 0 Å². The third-order valence-corrected chi connectivity index (χ3v) is 4.67. The van der Waals surface area contributed by atoms with Gasteiger partial charge < -0.3 is 20.3 Å². The molecule has 0 spiro atoms. The van der Waals surface area contributed by atoms with Crippen molar-refractivity contribution in [3.05, 3.63) is 11.8 Å². The molecule has 152 valence electrons. The number of aromatic nitrogens is 1. The lowest BCUT2D eigenvalue weighted by atomic mass is 9.88. The van der Waals surface area contributed by atoms with Gasteiger partial charge in [0.1, 0.15) is 12.1 Å². The number of aliphatic hydroxyl groups is 1. The molecule has 27 heavy (non-hydrogen) atoms. The SMILES string of the molecule is CCCC(NC(=O)C(O)C(C)(C)C)C(=O)Nc1cc(CN2CCCC2)on1. The number of nitrogens with one attached hydrogen (secondary N) is 2. The summed E-state index contributed by atoms with van der Waals surface area (Å²) in [5.41, 5.74) is -0.603. The van der Waals surface area contributed by atoms with Crippen LogP contribution in [0.1, 0.15) is 59.1 Å². The number of rotatable bonds is 8. The van der Waals surface area contributed by atoms with Crippen LogP contribution < -0.4 is 10.6 Å². The Morgan fingerprint density at radius 2 is 1.96 bits per heavy atom. The van der Waals surface area contributed by atoms with Gasteiger partial charge in [-0.1, -0.05) is 39.3 Å². The fourth-order valence-corrected chi connectivity index (χ4v) is 3.02. The Balaban J connectivity index is 1.94. The molecule has 1 saturated heterocycles. The van der Waals surface area contributed by atoms with Crippen molar-refractivity contribution < 1.29 is 19.2 Å². The van der Waals surface area contributed by atoms with Gasteiger partial charge in [-0.15, -0.1) is 0 Å². The molecule has 8 nitrogen and oxygen atoms in total. The van der Waals surface area contributed by atoms with Gasteiger partial charge in [0.2, 0.25) is 11.8 Å². The van der Waals surface area contributed by atoms with Crippen LogP contribution in [0.25, 0.3) is 0 Å². The van der Waals surface area contributed by atoms with E-state index in [0.29, 0.717) is 31.0 Å². The molecular weight excluding hydrogens is 348 g/mol. The maximum absolute atomic E-state index is 12.6. The summed E-state index contributed by atoms with van der Waals surface area (Å²) < 4.78 is 5.30. The third kappa shape index (κ3) is 6.32. The number of likely N-dealkylation sites (tertiary alicyclic amines) is 1. The number of anilines is 1. The first-order valence-electron chi connectivity index (χ1n) is 9.68. The molecule has 8 heteroatoms. The minimum atomic E-state index is -1.19. The van der Waals surface area contributed by atoms with Gasteiger partial charge in [-0.2, -0.15) is 0 Å². The smallest absolute Gasteiger partial charge is 0.250 e. The zero-order valence-electron chi connectivity index (χ0n) is 16.7. The summed E-state index contributed by atoms with van der Waals surface area (Å²) in [5.74, 6) is 0.116. The highest BCUT2D eigenvalue weighted by Crippen LogP contribution is 2.20. The van der Waals surface area contributed by atoms with Gasteiger partial charge in [-0.3, -0.25) is 14.5 Å². The third-order valence-electron chi connectivity index (χ3n) is 4.67. The van der Waals surface area contributed by atoms with Crippen LogP contribution in [0.15, 0.2) is 10.6 Å². The van der Waals surface area contributed by atoms with Crippen LogP contribution in [-0.2, 0) is 16.1 Å². The van der Waals surface area contributed by atoms with E-state index in [0.717, 1.165) is 13.1 Å². The zero-order chi connectivity index (χ0) is 20.0. The molecule has 2 heterocycles. The van der Waals surface area contributed by atoms with Gasteiger partial charge in [-0.25, -0.2) is 0 Å². The van der Waals surface area contributed by atoms with Crippen LogP contribution in [0.4, 0.5) is 5.82 Å². The van der Waals surface area contributed by atoms with Crippen molar-refractivity contribution >= 4 is 17.6 Å². The van der Waals surface area contributed by atoms with E-state index in [1.165, 1.54) is 12.8 Å². The van der Waals surface area contributed by atoms with Crippen LogP contribution in [0.3, 0.4) is 0 Å². The standard InChI is InChI=1S/C19H32N4O4/c1-5-8-14(20-18(26)16(24)19(2,3)4)17(25)21-15-11-13(27-22-15)12-23-9-6-7-10-23/h11,14,16,24H,5-10,12H2,1-4H3,(H,20,26)(H,21,22,25). The molecule has 2 rings (SSSR count). The van der Waals surface area contributed by atoms with Crippen LogP contribution in [-0.4, -0.2) is 52.2 Å². The molecular formula is C19H32N4O4. The van der Waals surface area contributed by atoms with E-state index in [9.17, 15) is 14.7 Å². The Hall–Kier alpha value is -1.93. The van der Waals surface area contributed by atoms with Crippen molar-refractivity contribution in [2.24, 2.45) is 5.41 Å². The minimum absolute atomic E-state index is 0.334. The number of carbonyl (C=O) groups excluding carboxylic acids is 2. The van der Waals surface area contributed by atoms with E-state index in [-0.39, 0.29) is 5.91 Å². The number of aliphatic hydroxyl groups excluding tert-OH is 1. The average molecular weight is 380 g/mol. The normalized spacial score (nSPS) is 17.5. The predicted octanol–water partition coefficient (Wildman–Crippen LogP) is 1.90.